The largest absolute Gasteiger partial charge is 0.322 e. The molecule has 100 valence electrons. The summed E-state index contributed by atoms with van der Waals surface area (Å²) in [5.41, 5.74) is 10.0. The summed E-state index contributed by atoms with van der Waals surface area (Å²) in [6.45, 7) is 0. The molecular formula is C16H14BrN3. The molecule has 2 N–H and O–H groups in total. The van der Waals surface area contributed by atoms with Gasteiger partial charge >= 0.3 is 0 Å². The van der Waals surface area contributed by atoms with Gasteiger partial charge in [-0.15, -0.1) is 0 Å². The van der Waals surface area contributed by atoms with Crippen LogP contribution in [0.5, 0.6) is 0 Å². The number of aromatic nitrogens is 2. The Bertz CT molecular complexity index is 742. The minimum atomic E-state index is -0.151. The highest BCUT2D eigenvalue weighted by atomic mass is 79.9. The number of fused-ring (bicyclic) bond motifs is 1. The Labute approximate surface area is 126 Å². The van der Waals surface area contributed by atoms with Crippen LogP contribution < -0.4 is 5.73 Å². The third-order valence-corrected chi connectivity index (χ3v) is 3.68. The highest BCUT2D eigenvalue weighted by Crippen LogP contribution is 2.19. The van der Waals surface area contributed by atoms with Gasteiger partial charge in [0.05, 0.1) is 29.0 Å². The molecule has 1 heterocycles. The second kappa shape index (κ2) is 5.69. The number of benzene rings is 2. The van der Waals surface area contributed by atoms with Crippen LogP contribution in [0.3, 0.4) is 0 Å². The predicted molar refractivity (Wildman–Crippen MR) is 84.3 cm³/mol. The molecular weight excluding hydrogens is 314 g/mol. The first-order valence-corrected chi connectivity index (χ1v) is 7.23. The van der Waals surface area contributed by atoms with Gasteiger partial charge < -0.3 is 5.73 Å². The first-order valence-electron chi connectivity index (χ1n) is 6.44. The van der Waals surface area contributed by atoms with Gasteiger partial charge in [0.2, 0.25) is 0 Å². The molecule has 3 rings (SSSR count). The molecule has 0 aliphatic carbocycles. The lowest BCUT2D eigenvalue weighted by Gasteiger charge is -2.11. The van der Waals surface area contributed by atoms with E-state index in [4.69, 9.17) is 5.73 Å². The SMILES string of the molecule is NC(Cc1cccc(Br)c1)c1cnc2ccccc2n1. The van der Waals surface area contributed by atoms with E-state index in [9.17, 15) is 0 Å². The van der Waals surface area contributed by atoms with Crippen molar-refractivity contribution in [3.63, 3.8) is 0 Å². The zero-order valence-electron chi connectivity index (χ0n) is 10.8. The number of hydrogen-bond acceptors (Lipinski definition) is 3. The molecule has 1 aromatic heterocycles. The van der Waals surface area contributed by atoms with Crippen LogP contribution in [-0.2, 0) is 6.42 Å². The van der Waals surface area contributed by atoms with Crippen molar-refractivity contribution >= 4 is 27.0 Å². The number of nitrogens with two attached hydrogens (primary N) is 1. The van der Waals surface area contributed by atoms with Crippen LogP contribution in [0.1, 0.15) is 17.3 Å². The maximum Gasteiger partial charge on any atom is 0.0890 e. The normalized spacial score (nSPS) is 12.5. The monoisotopic (exact) mass is 327 g/mol. The molecule has 0 spiro atoms. The van der Waals surface area contributed by atoms with Gasteiger partial charge in [-0.1, -0.05) is 40.2 Å². The minimum absolute atomic E-state index is 0.151. The molecule has 1 unspecified atom stereocenters. The van der Waals surface area contributed by atoms with Crippen LogP contribution in [-0.4, -0.2) is 9.97 Å². The molecule has 0 fully saturated rings. The van der Waals surface area contributed by atoms with Crippen LogP contribution in [0.15, 0.2) is 59.2 Å². The minimum Gasteiger partial charge on any atom is -0.322 e. The van der Waals surface area contributed by atoms with Crippen molar-refractivity contribution in [2.75, 3.05) is 0 Å². The van der Waals surface area contributed by atoms with E-state index in [0.717, 1.165) is 27.6 Å². The summed E-state index contributed by atoms with van der Waals surface area (Å²) in [4.78, 5) is 9.00. The standard InChI is InChI=1S/C16H14BrN3/c17-12-5-3-4-11(8-12)9-13(18)16-10-19-14-6-1-2-7-15(14)20-16/h1-8,10,13H,9,18H2. The Morgan fingerprint density at radius 1 is 1.05 bits per heavy atom. The maximum atomic E-state index is 6.25. The van der Waals surface area contributed by atoms with Crippen molar-refractivity contribution in [3.8, 4) is 0 Å². The van der Waals surface area contributed by atoms with E-state index in [2.05, 4.69) is 38.0 Å². The van der Waals surface area contributed by atoms with Gasteiger partial charge in [0, 0.05) is 4.47 Å². The highest BCUT2D eigenvalue weighted by molar-refractivity contribution is 9.10. The molecule has 0 saturated heterocycles. The number of nitrogens with zero attached hydrogens (tertiary/aromatic N) is 2. The van der Waals surface area contributed by atoms with Gasteiger partial charge in [-0.2, -0.15) is 0 Å². The molecule has 0 aliphatic rings. The fourth-order valence-electron chi connectivity index (χ4n) is 2.17. The molecule has 4 heteroatoms. The van der Waals surface area contributed by atoms with Crippen molar-refractivity contribution < 1.29 is 0 Å². The smallest absolute Gasteiger partial charge is 0.0890 e. The number of rotatable bonds is 3. The molecule has 0 aliphatic heterocycles. The lowest BCUT2D eigenvalue weighted by molar-refractivity contribution is 0.696. The summed E-state index contributed by atoms with van der Waals surface area (Å²) >= 11 is 3.47. The molecule has 3 aromatic rings. The van der Waals surface area contributed by atoms with E-state index in [1.54, 1.807) is 6.20 Å². The Morgan fingerprint density at radius 3 is 2.65 bits per heavy atom. The number of halogens is 1. The summed E-state index contributed by atoms with van der Waals surface area (Å²) in [7, 11) is 0. The molecule has 0 saturated carbocycles. The molecule has 1 atom stereocenters. The molecule has 20 heavy (non-hydrogen) atoms. The van der Waals surface area contributed by atoms with E-state index in [0.29, 0.717) is 0 Å². The summed E-state index contributed by atoms with van der Waals surface area (Å²) in [6, 6.07) is 15.8. The van der Waals surface area contributed by atoms with Gasteiger partial charge in [0.15, 0.2) is 0 Å². The topological polar surface area (TPSA) is 51.8 Å². The zero-order valence-corrected chi connectivity index (χ0v) is 12.4. The molecule has 3 nitrogen and oxygen atoms in total. The first kappa shape index (κ1) is 13.2. The first-order chi connectivity index (χ1) is 9.72. The number of para-hydroxylation sites is 2. The lowest BCUT2D eigenvalue weighted by Crippen LogP contribution is -2.15. The summed E-state index contributed by atoms with van der Waals surface area (Å²) in [6.07, 6.45) is 2.51. The van der Waals surface area contributed by atoms with E-state index in [-0.39, 0.29) is 6.04 Å². The highest BCUT2D eigenvalue weighted by Gasteiger charge is 2.10. The Hall–Kier alpha value is -1.78. The van der Waals surface area contributed by atoms with E-state index in [1.807, 2.05) is 36.4 Å². The quantitative estimate of drug-likeness (QED) is 0.799. The maximum absolute atomic E-state index is 6.25. The molecule has 0 bridgehead atoms. The second-order valence-corrected chi connectivity index (χ2v) is 5.64. The zero-order chi connectivity index (χ0) is 13.9. The van der Waals surface area contributed by atoms with Gasteiger partial charge in [-0.25, -0.2) is 4.98 Å². The van der Waals surface area contributed by atoms with Crippen LogP contribution >= 0.6 is 15.9 Å². The van der Waals surface area contributed by atoms with Crippen LogP contribution in [0.4, 0.5) is 0 Å². The lowest BCUT2D eigenvalue weighted by atomic mass is 10.0. The third-order valence-electron chi connectivity index (χ3n) is 3.19. The van der Waals surface area contributed by atoms with Gasteiger partial charge in [-0.05, 0) is 36.2 Å². The number of hydrogen-bond donors (Lipinski definition) is 1. The van der Waals surface area contributed by atoms with Crippen molar-refractivity contribution in [3.05, 3.63) is 70.5 Å². The summed E-state index contributed by atoms with van der Waals surface area (Å²) in [5.74, 6) is 0. The van der Waals surface area contributed by atoms with Crippen molar-refractivity contribution in [2.24, 2.45) is 5.73 Å². The summed E-state index contributed by atoms with van der Waals surface area (Å²) in [5, 5.41) is 0. The van der Waals surface area contributed by atoms with Crippen LogP contribution in [0.25, 0.3) is 11.0 Å². The molecule has 0 radical (unpaired) electrons. The molecule has 0 amide bonds. The van der Waals surface area contributed by atoms with Crippen molar-refractivity contribution in [2.45, 2.75) is 12.5 Å². The molecule has 2 aromatic carbocycles. The average molecular weight is 328 g/mol. The van der Waals surface area contributed by atoms with Gasteiger partial charge in [0.25, 0.3) is 0 Å². The van der Waals surface area contributed by atoms with Crippen LogP contribution in [0.2, 0.25) is 0 Å². The Morgan fingerprint density at radius 2 is 1.85 bits per heavy atom. The van der Waals surface area contributed by atoms with Crippen molar-refractivity contribution in [1.82, 2.24) is 9.97 Å². The fourth-order valence-corrected chi connectivity index (χ4v) is 2.62. The average Bonchev–Trinajstić information content (AvgIpc) is 2.47. The third kappa shape index (κ3) is 2.86. The summed E-state index contributed by atoms with van der Waals surface area (Å²) < 4.78 is 1.06. The van der Waals surface area contributed by atoms with Crippen LogP contribution in [0, 0.1) is 0 Å². The van der Waals surface area contributed by atoms with Gasteiger partial charge in [0.1, 0.15) is 0 Å². The van der Waals surface area contributed by atoms with Gasteiger partial charge in [-0.3, -0.25) is 4.98 Å². The predicted octanol–water partition coefficient (Wildman–Crippen LogP) is 3.63. The van der Waals surface area contributed by atoms with Crippen molar-refractivity contribution in [1.29, 1.82) is 0 Å². The Kier molecular flexibility index (Phi) is 3.76. The van der Waals surface area contributed by atoms with E-state index >= 15 is 0 Å². The second-order valence-electron chi connectivity index (χ2n) is 4.72. The van der Waals surface area contributed by atoms with E-state index < -0.39 is 0 Å². The van der Waals surface area contributed by atoms with E-state index in [1.165, 1.54) is 5.56 Å². The fraction of sp³-hybridized carbons (Fsp3) is 0.125. The Balaban J connectivity index is 1.86.